The summed E-state index contributed by atoms with van der Waals surface area (Å²) in [4.78, 5) is 11.6. The van der Waals surface area contributed by atoms with Crippen LogP contribution in [0.5, 0.6) is 5.75 Å². The Hall–Kier alpha value is -2.37. The molecule has 20 heavy (non-hydrogen) atoms. The molecule has 104 valence electrons. The molecule has 0 spiro atoms. The van der Waals surface area contributed by atoms with E-state index in [1.165, 1.54) is 6.07 Å². The normalized spacial score (nSPS) is 10.4. The van der Waals surface area contributed by atoms with Crippen molar-refractivity contribution in [2.75, 3.05) is 6.61 Å². The molecule has 0 atom stereocenters. The van der Waals surface area contributed by atoms with Crippen molar-refractivity contribution in [1.29, 1.82) is 0 Å². The number of carbonyl (C=O) groups excluding carboxylic acids is 1. The van der Waals surface area contributed by atoms with Crippen LogP contribution in [0.15, 0.2) is 36.4 Å². The average molecular weight is 284 g/mol. The maximum atomic E-state index is 13.3. The highest BCUT2D eigenvalue weighted by atomic mass is 19.2. The first-order valence-corrected chi connectivity index (χ1v) is 5.54. The van der Waals surface area contributed by atoms with Crippen molar-refractivity contribution in [2.45, 2.75) is 0 Å². The molecule has 0 aliphatic rings. The van der Waals surface area contributed by atoms with E-state index < -0.39 is 41.4 Å². The van der Waals surface area contributed by atoms with E-state index in [0.29, 0.717) is 6.07 Å². The zero-order chi connectivity index (χ0) is 14.7. The van der Waals surface area contributed by atoms with Crippen molar-refractivity contribution in [3.05, 3.63) is 65.2 Å². The van der Waals surface area contributed by atoms with Gasteiger partial charge in [-0.3, -0.25) is 4.79 Å². The fraction of sp³-hybridized carbons (Fsp3) is 0.0714. The van der Waals surface area contributed by atoms with Crippen LogP contribution in [0, 0.1) is 23.3 Å². The fourth-order valence-corrected chi connectivity index (χ4v) is 1.53. The highest BCUT2D eigenvalue weighted by Crippen LogP contribution is 2.19. The highest BCUT2D eigenvalue weighted by Gasteiger charge is 2.15. The quantitative estimate of drug-likeness (QED) is 0.634. The number of benzene rings is 2. The van der Waals surface area contributed by atoms with Crippen LogP contribution < -0.4 is 4.74 Å². The molecule has 0 heterocycles. The minimum Gasteiger partial charge on any atom is -0.482 e. The third kappa shape index (κ3) is 2.96. The number of Topliss-reactive ketones (excluding diaryl/α,β-unsaturated/α-hetero) is 1. The first-order valence-electron chi connectivity index (χ1n) is 5.54. The number of rotatable bonds is 4. The molecule has 0 radical (unpaired) electrons. The molecule has 0 aliphatic heterocycles. The molecular weight excluding hydrogens is 276 g/mol. The molecule has 0 aromatic heterocycles. The van der Waals surface area contributed by atoms with Gasteiger partial charge >= 0.3 is 0 Å². The van der Waals surface area contributed by atoms with Gasteiger partial charge in [0.1, 0.15) is 11.6 Å². The molecule has 0 amide bonds. The number of ether oxygens (including phenoxy) is 1. The summed E-state index contributed by atoms with van der Waals surface area (Å²) >= 11 is 0. The Morgan fingerprint density at radius 2 is 1.75 bits per heavy atom. The number of hydrogen-bond acceptors (Lipinski definition) is 2. The van der Waals surface area contributed by atoms with E-state index in [1.54, 1.807) is 0 Å². The molecular formula is C14H8F4O2. The van der Waals surface area contributed by atoms with E-state index in [2.05, 4.69) is 0 Å². The van der Waals surface area contributed by atoms with Crippen molar-refractivity contribution < 1.29 is 27.1 Å². The Morgan fingerprint density at radius 1 is 1.00 bits per heavy atom. The second-order valence-corrected chi connectivity index (χ2v) is 3.89. The molecule has 2 nitrogen and oxygen atoms in total. The third-order valence-electron chi connectivity index (χ3n) is 2.51. The molecule has 0 aliphatic carbocycles. The Balaban J connectivity index is 2.11. The maximum Gasteiger partial charge on any atom is 0.203 e. The van der Waals surface area contributed by atoms with Gasteiger partial charge in [0.15, 0.2) is 18.2 Å². The summed E-state index contributed by atoms with van der Waals surface area (Å²) in [5.41, 5.74) is -0.386. The monoisotopic (exact) mass is 284 g/mol. The Kier molecular flexibility index (Phi) is 4.02. The first kappa shape index (κ1) is 14.0. The smallest absolute Gasteiger partial charge is 0.203 e. The molecule has 2 aromatic carbocycles. The van der Waals surface area contributed by atoms with Crippen LogP contribution in [0.4, 0.5) is 17.6 Å². The molecule has 2 rings (SSSR count). The number of halogens is 4. The van der Waals surface area contributed by atoms with Gasteiger partial charge in [-0.15, -0.1) is 0 Å². The summed E-state index contributed by atoms with van der Waals surface area (Å²) in [6.07, 6.45) is 0. The number of ketones is 1. The largest absolute Gasteiger partial charge is 0.482 e. The lowest BCUT2D eigenvalue weighted by molar-refractivity contribution is 0.0914. The van der Waals surface area contributed by atoms with Gasteiger partial charge in [-0.2, -0.15) is 4.39 Å². The van der Waals surface area contributed by atoms with Crippen molar-refractivity contribution in [2.24, 2.45) is 0 Å². The van der Waals surface area contributed by atoms with Gasteiger partial charge in [0.05, 0.1) is 5.56 Å². The van der Waals surface area contributed by atoms with E-state index in [1.807, 2.05) is 0 Å². The second kappa shape index (κ2) is 5.73. The van der Waals surface area contributed by atoms with Crippen LogP contribution in [0.1, 0.15) is 10.4 Å². The SMILES string of the molecule is O=C(COc1cccc(F)c1F)c1ccc(F)cc1F. The standard InChI is InChI=1S/C14H8F4O2/c15-8-4-5-9(11(17)6-8)12(19)7-20-13-3-1-2-10(16)14(13)18/h1-6H,7H2. The fourth-order valence-electron chi connectivity index (χ4n) is 1.53. The number of carbonyl (C=O) groups is 1. The van der Waals surface area contributed by atoms with Gasteiger partial charge in [0.2, 0.25) is 11.6 Å². The summed E-state index contributed by atoms with van der Waals surface area (Å²) in [6.45, 7) is -0.692. The molecule has 2 aromatic rings. The molecule has 0 fully saturated rings. The molecule has 6 heteroatoms. The first-order chi connectivity index (χ1) is 9.49. The van der Waals surface area contributed by atoms with Gasteiger partial charge in [0, 0.05) is 6.07 Å². The zero-order valence-corrected chi connectivity index (χ0v) is 10.00. The lowest BCUT2D eigenvalue weighted by atomic mass is 10.1. The van der Waals surface area contributed by atoms with Crippen LogP contribution in [-0.4, -0.2) is 12.4 Å². The number of hydrogen-bond donors (Lipinski definition) is 0. The van der Waals surface area contributed by atoms with E-state index in [0.717, 1.165) is 24.3 Å². The third-order valence-corrected chi connectivity index (χ3v) is 2.51. The van der Waals surface area contributed by atoms with Crippen LogP contribution in [-0.2, 0) is 0 Å². The van der Waals surface area contributed by atoms with E-state index in [-0.39, 0.29) is 5.56 Å². The van der Waals surface area contributed by atoms with E-state index in [9.17, 15) is 22.4 Å². The summed E-state index contributed by atoms with van der Waals surface area (Å²) in [6, 6.07) is 5.65. The van der Waals surface area contributed by atoms with Crippen molar-refractivity contribution >= 4 is 5.78 Å². The minimum absolute atomic E-state index is 0.386. The Labute approximate surface area is 111 Å². The lowest BCUT2D eigenvalue weighted by Gasteiger charge is -2.07. The average Bonchev–Trinajstić information content (AvgIpc) is 2.40. The Bertz CT molecular complexity index is 656. The minimum atomic E-state index is -1.24. The second-order valence-electron chi connectivity index (χ2n) is 3.89. The van der Waals surface area contributed by atoms with Crippen LogP contribution in [0.3, 0.4) is 0 Å². The summed E-state index contributed by atoms with van der Waals surface area (Å²) in [5.74, 6) is -5.50. The topological polar surface area (TPSA) is 26.3 Å². The predicted octanol–water partition coefficient (Wildman–Crippen LogP) is 3.50. The van der Waals surface area contributed by atoms with Gasteiger partial charge in [0.25, 0.3) is 0 Å². The maximum absolute atomic E-state index is 13.3. The van der Waals surface area contributed by atoms with Gasteiger partial charge in [-0.25, -0.2) is 13.2 Å². The summed E-state index contributed by atoms with van der Waals surface area (Å²) in [5, 5.41) is 0. The summed E-state index contributed by atoms with van der Waals surface area (Å²) < 4.78 is 56.9. The van der Waals surface area contributed by atoms with E-state index in [4.69, 9.17) is 4.74 Å². The molecule has 0 saturated heterocycles. The lowest BCUT2D eigenvalue weighted by Crippen LogP contribution is -2.14. The predicted molar refractivity (Wildman–Crippen MR) is 62.5 cm³/mol. The molecule has 0 unspecified atom stereocenters. The Morgan fingerprint density at radius 3 is 2.45 bits per heavy atom. The molecule has 0 bridgehead atoms. The van der Waals surface area contributed by atoms with Crippen molar-refractivity contribution in [3.63, 3.8) is 0 Å². The highest BCUT2D eigenvalue weighted by molar-refractivity contribution is 5.97. The van der Waals surface area contributed by atoms with Crippen LogP contribution >= 0.6 is 0 Å². The van der Waals surface area contributed by atoms with Crippen LogP contribution in [0.2, 0.25) is 0 Å². The molecule has 0 saturated carbocycles. The van der Waals surface area contributed by atoms with Gasteiger partial charge in [-0.05, 0) is 24.3 Å². The van der Waals surface area contributed by atoms with Crippen LogP contribution in [0.25, 0.3) is 0 Å². The molecule has 0 N–H and O–H groups in total. The van der Waals surface area contributed by atoms with Gasteiger partial charge in [-0.1, -0.05) is 6.07 Å². The van der Waals surface area contributed by atoms with E-state index >= 15 is 0 Å². The van der Waals surface area contributed by atoms with Gasteiger partial charge < -0.3 is 4.74 Å². The zero-order valence-electron chi connectivity index (χ0n) is 10.00. The van der Waals surface area contributed by atoms with Crippen molar-refractivity contribution in [3.8, 4) is 5.75 Å². The summed E-state index contributed by atoms with van der Waals surface area (Å²) in [7, 11) is 0. The van der Waals surface area contributed by atoms with Crippen molar-refractivity contribution in [1.82, 2.24) is 0 Å².